The van der Waals surface area contributed by atoms with E-state index in [1.165, 1.54) is 18.3 Å². The fraction of sp³-hybridized carbons (Fsp3) is 0.500. The Bertz CT molecular complexity index is 430. The van der Waals surface area contributed by atoms with E-state index in [1.807, 2.05) is 11.9 Å². The van der Waals surface area contributed by atoms with Crippen molar-refractivity contribution in [2.24, 2.45) is 0 Å². The molecule has 0 aromatic carbocycles. The van der Waals surface area contributed by atoms with Gasteiger partial charge in [-0.1, -0.05) is 0 Å². The quantitative estimate of drug-likeness (QED) is 0.313. The monoisotopic (exact) mass is 238 g/mol. The highest BCUT2D eigenvalue weighted by atomic mass is 16.6. The first kappa shape index (κ1) is 11.6. The zero-order valence-electron chi connectivity index (χ0n) is 9.57. The second-order valence-electron chi connectivity index (χ2n) is 4.12. The third kappa shape index (κ3) is 2.44. The number of anilines is 1. The van der Waals surface area contributed by atoms with E-state index in [4.69, 9.17) is 0 Å². The lowest BCUT2D eigenvalue weighted by molar-refractivity contribution is -0.593. The van der Waals surface area contributed by atoms with Crippen molar-refractivity contribution < 1.29 is 9.65 Å². The Balaban J connectivity index is 2.25. The summed E-state index contributed by atoms with van der Waals surface area (Å²) >= 11 is 0. The number of hydrogen-bond acceptors (Lipinski definition) is 5. The Morgan fingerprint density at radius 3 is 2.59 bits per heavy atom. The molecular weight excluding hydrogens is 224 g/mol. The van der Waals surface area contributed by atoms with Gasteiger partial charge in [0.05, 0.1) is 24.1 Å². The van der Waals surface area contributed by atoms with Gasteiger partial charge in [0.25, 0.3) is 11.5 Å². The van der Waals surface area contributed by atoms with Crippen molar-refractivity contribution in [1.82, 2.24) is 4.90 Å². The molecule has 92 valence electrons. The number of nitro groups is 1. The maximum Gasteiger partial charge on any atom is 0.286 e. The Morgan fingerprint density at radius 2 is 2.00 bits per heavy atom. The lowest BCUT2D eigenvalue weighted by atomic mass is 10.3. The zero-order chi connectivity index (χ0) is 12.4. The third-order valence-corrected chi connectivity index (χ3v) is 2.92. The molecule has 1 aromatic heterocycles. The molecule has 0 aliphatic carbocycles. The van der Waals surface area contributed by atoms with Crippen molar-refractivity contribution in [3.8, 4) is 0 Å². The first-order valence-corrected chi connectivity index (χ1v) is 5.39. The van der Waals surface area contributed by atoms with Crippen LogP contribution >= 0.6 is 0 Å². The topological polar surface area (TPSA) is 76.6 Å². The predicted molar refractivity (Wildman–Crippen MR) is 61.8 cm³/mol. The van der Waals surface area contributed by atoms with Gasteiger partial charge in [-0.2, -0.15) is 0 Å². The molecule has 2 rings (SSSR count). The molecule has 7 heteroatoms. The van der Waals surface area contributed by atoms with Crippen LogP contribution in [0.3, 0.4) is 0 Å². The van der Waals surface area contributed by atoms with Gasteiger partial charge in [-0.15, -0.1) is 0 Å². The maximum atomic E-state index is 11.6. The minimum atomic E-state index is -0.487. The number of piperazine rings is 1. The van der Waals surface area contributed by atoms with E-state index in [1.54, 1.807) is 0 Å². The van der Waals surface area contributed by atoms with Gasteiger partial charge in [0.2, 0.25) is 0 Å². The smallest absolute Gasteiger partial charge is 0.286 e. The molecule has 0 atom stereocenters. The van der Waals surface area contributed by atoms with Gasteiger partial charge in [-0.05, 0) is 7.05 Å². The number of rotatable bonds is 2. The summed E-state index contributed by atoms with van der Waals surface area (Å²) in [5.41, 5.74) is -0.0500. The Kier molecular flexibility index (Phi) is 3.10. The summed E-state index contributed by atoms with van der Waals surface area (Å²) < 4.78 is 0.679. The van der Waals surface area contributed by atoms with Gasteiger partial charge < -0.3 is 5.21 Å². The summed E-state index contributed by atoms with van der Waals surface area (Å²) in [5, 5.41) is 22.3. The molecule has 1 aromatic rings. The van der Waals surface area contributed by atoms with Crippen molar-refractivity contribution in [2.45, 2.75) is 0 Å². The molecule has 0 unspecified atom stereocenters. The molecule has 1 saturated heterocycles. The standard InChI is InChI=1S/C10H14N4O3/c1-11-4-6-12(7-5-11)10-8-9(14(16)17)2-3-13(10)15/h2-3,8H,4-7H2,1H3. The predicted octanol–water partition coefficient (Wildman–Crippen LogP) is -0.0200. The van der Waals surface area contributed by atoms with Crippen LogP contribution in [0.2, 0.25) is 0 Å². The molecule has 0 bridgehead atoms. The largest absolute Gasteiger partial charge is 0.711 e. The lowest BCUT2D eigenvalue weighted by Gasteiger charge is -2.29. The minimum Gasteiger partial charge on any atom is -0.711 e. The lowest BCUT2D eigenvalue weighted by Crippen LogP contribution is -2.48. The number of hydrogen-bond donors (Lipinski definition) is 0. The summed E-state index contributed by atoms with van der Waals surface area (Å²) in [7, 11) is 2.01. The van der Waals surface area contributed by atoms with Gasteiger partial charge in [0, 0.05) is 13.1 Å². The van der Waals surface area contributed by atoms with Crippen LogP contribution in [0.4, 0.5) is 11.5 Å². The van der Waals surface area contributed by atoms with Gasteiger partial charge in [-0.3, -0.25) is 19.9 Å². The second-order valence-corrected chi connectivity index (χ2v) is 4.12. The van der Waals surface area contributed by atoms with Crippen LogP contribution in [-0.2, 0) is 0 Å². The van der Waals surface area contributed by atoms with Crippen LogP contribution in [0, 0.1) is 15.3 Å². The average Bonchev–Trinajstić information content (AvgIpc) is 2.31. The number of likely N-dealkylation sites (N-methyl/N-ethyl adjacent to an activating group) is 1. The molecule has 1 aliphatic heterocycles. The van der Waals surface area contributed by atoms with E-state index < -0.39 is 4.92 Å². The third-order valence-electron chi connectivity index (χ3n) is 2.92. The van der Waals surface area contributed by atoms with E-state index in [9.17, 15) is 15.3 Å². The van der Waals surface area contributed by atoms with E-state index in [2.05, 4.69) is 4.90 Å². The van der Waals surface area contributed by atoms with Crippen LogP contribution in [-0.4, -0.2) is 43.0 Å². The van der Waals surface area contributed by atoms with Crippen LogP contribution in [0.15, 0.2) is 18.3 Å². The molecule has 0 amide bonds. The van der Waals surface area contributed by atoms with E-state index in [-0.39, 0.29) is 5.69 Å². The molecule has 7 nitrogen and oxygen atoms in total. The number of nitrogens with zero attached hydrogens (tertiary/aromatic N) is 4. The molecule has 1 fully saturated rings. The highest BCUT2D eigenvalue weighted by Gasteiger charge is 2.24. The summed E-state index contributed by atoms with van der Waals surface area (Å²) in [6.45, 7) is 3.12. The van der Waals surface area contributed by atoms with E-state index in [0.717, 1.165) is 13.1 Å². The summed E-state index contributed by atoms with van der Waals surface area (Å²) in [6.07, 6.45) is 1.19. The molecule has 0 radical (unpaired) electrons. The highest BCUT2D eigenvalue weighted by molar-refractivity contribution is 5.43. The molecular formula is C10H14N4O3. The molecule has 0 saturated carbocycles. The molecule has 1 aliphatic rings. The Hall–Kier alpha value is -1.89. The van der Waals surface area contributed by atoms with Crippen molar-refractivity contribution in [3.05, 3.63) is 33.7 Å². The van der Waals surface area contributed by atoms with Crippen molar-refractivity contribution in [3.63, 3.8) is 0 Å². The second kappa shape index (κ2) is 4.54. The van der Waals surface area contributed by atoms with Crippen molar-refractivity contribution in [1.29, 1.82) is 0 Å². The fourth-order valence-electron chi connectivity index (χ4n) is 1.84. The van der Waals surface area contributed by atoms with Gasteiger partial charge in [-0.25, -0.2) is 4.73 Å². The maximum absolute atomic E-state index is 11.6. The Morgan fingerprint density at radius 1 is 1.35 bits per heavy atom. The summed E-state index contributed by atoms with van der Waals surface area (Å²) in [4.78, 5) is 14.2. The van der Waals surface area contributed by atoms with Crippen molar-refractivity contribution >= 4 is 11.5 Å². The molecule has 0 N–H and O–H groups in total. The summed E-state index contributed by atoms with van der Waals surface area (Å²) in [5.74, 6) is 0.354. The zero-order valence-corrected chi connectivity index (χ0v) is 9.57. The van der Waals surface area contributed by atoms with Crippen LogP contribution < -0.4 is 9.63 Å². The normalized spacial score (nSPS) is 17.1. The fourth-order valence-corrected chi connectivity index (χ4v) is 1.84. The number of aromatic nitrogens is 1. The Labute approximate surface area is 98.6 Å². The average molecular weight is 238 g/mol. The molecule has 17 heavy (non-hydrogen) atoms. The van der Waals surface area contributed by atoms with Crippen molar-refractivity contribution in [2.75, 3.05) is 38.1 Å². The molecule has 0 spiro atoms. The van der Waals surface area contributed by atoms with Gasteiger partial charge in [0.15, 0.2) is 0 Å². The minimum absolute atomic E-state index is 0.0500. The highest BCUT2D eigenvalue weighted by Crippen LogP contribution is 2.17. The molecule has 2 heterocycles. The SMILES string of the molecule is CN1CCN(c2cc([N+](=O)[O-])cc[n+]2[O-])CC1. The summed E-state index contributed by atoms with van der Waals surface area (Å²) in [6, 6.07) is 2.55. The van der Waals surface area contributed by atoms with Crippen LogP contribution in [0.5, 0.6) is 0 Å². The van der Waals surface area contributed by atoms with Crippen LogP contribution in [0.1, 0.15) is 0 Å². The first-order chi connectivity index (χ1) is 8.08. The van der Waals surface area contributed by atoms with E-state index >= 15 is 0 Å². The first-order valence-electron chi connectivity index (χ1n) is 5.39. The number of pyridine rings is 1. The van der Waals surface area contributed by atoms with Gasteiger partial charge in [0.1, 0.15) is 12.3 Å². The van der Waals surface area contributed by atoms with E-state index in [0.29, 0.717) is 23.6 Å². The van der Waals surface area contributed by atoms with Gasteiger partial charge >= 0.3 is 0 Å². The van der Waals surface area contributed by atoms with Crippen LogP contribution in [0.25, 0.3) is 0 Å².